The second kappa shape index (κ2) is 6.38. The molecular weight excluding hydrogens is 178 g/mol. The van der Waals surface area contributed by atoms with Crippen molar-refractivity contribution < 1.29 is 9.84 Å². The summed E-state index contributed by atoms with van der Waals surface area (Å²) in [5, 5.41) is 9.19. The first-order chi connectivity index (χ1) is 6.74. The Bertz CT molecular complexity index is 150. The molecule has 0 aromatic rings. The largest absolute Gasteiger partial charge is 0.395 e. The lowest BCUT2D eigenvalue weighted by molar-refractivity contribution is 0.0272. The Kier molecular flexibility index (Phi) is 5.45. The van der Waals surface area contributed by atoms with Crippen molar-refractivity contribution in [1.29, 1.82) is 0 Å². The second-order valence-corrected chi connectivity index (χ2v) is 4.29. The van der Waals surface area contributed by atoms with Crippen molar-refractivity contribution in [1.82, 2.24) is 4.90 Å². The Balaban J connectivity index is 2.19. The van der Waals surface area contributed by atoms with E-state index < -0.39 is 0 Å². The van der Waals surface area contributed by atoms with E-state index in [-0.39, 0.29) is 0 Å². The number of aliphatic hydroxyl groups is 1. The summed E-state index contributed by atoms with van der Waals surface area (Å²) in [7, 11) is 0. The highest BCUT2D eigenvalue weighted by Gasteiger charge is 2.20. The van der Waals surface area contributed by atoms with Gasteiger partial charge in [-0.15, -0.1) is 0 Å². The van der Waals surface area contributed by atoms with Crippen molar-refractivity contribution in [3.63, 3.8) is 0 Å². The zero-order valence-electron chi connectivity index (χ0n) is 9.41. The van der Waals surface area contributed by atoms with Crippen molar-refractivity contribution in [3.8, 4) is 0 Å². The molecule has 1 heterocycles. The molecule has 1 aliphatic rings. The van der Waals surface area contributed by atoms with Gasteiger partial charge in [-0.2, -0.15) is 0 Å². The summed E-state index contributed by atoms with van der Waals surface area (Å²) < 4.78 is 5.51. The summed E-state index contributed by atoms with van der Waals surface area (Å²) in [6.07, 6.45) is 3.97. The van der Waals surface area contributed by atoms with Crippen molar-refractivity contribution in [2.24, 2.45) is 0 Å². The fraction of sp³-hybridized carbons (Fsp3) is 1.00. The van der Waals surface area contributed by atoms with Gasteiger partial charge in [-0.25, -0.2) is 0 Å². The normalized spacial score (nSPS) is 24.4. The Morgan fingerprint density at radius 3 is 2.86 bits per heavy atom. The van der Waals surface area contributed by atoms with Crippen LogP contribution in [0.25, 0.3) is 0 Å². The zero-order valence-corrected chi connectivity index (χ0v) is 9.41. The van der Waals surface area contributed by atoms with E-state index >= 15 is 0 Å². The Hall–Kier alpha value is -0.120. The van der Waals surface area contributed by atoms with E-state index in [0.717, 1.165) is 26.1 Å². The Morgan fingerprint density at radius 2 is 2.21 bits per heavy atom. The number of ether oxygens (including phenoxy) is 1. The third-order valence-electron chi connectivity index (χ3n) is 2.79. The predicted molar refractivity (Wildman–Crippen MR) is 57.4 cm³/mol. The van der Waals surface area contributed by atoms with Crippen LogP contribution in [0.2, 0.25) is 0 Å². The van der Waals surface area contributed by atoms with Gasteiger partial charge in [-0.05, 0) is 33.2 Å². The van der Waals surface area contributed by atoms with Crippen LogP contribution in [0.4, 0.5) is 0 Å². The summed E-state index contributed by atoms with van der Waals surface area (Å²) in [4.78, 5) is 2.35. The molecule has 84 valence electrons. The van der Waals surface area contributed by atoms with Crippen molar-refractivity contribution in [2.75, 3.05) is 26.3 Å². The molecule has 14 heavy (non-hydrogen) atoms. The maximum atomic E-state index is 9.19. The molecule has 0 radical (unpaired) electrons. The molecule has 1 saturated heterocycles. The monoisotopic (exact) mass is 201 g/mol. The number of rotatable bonds is 5. The summed E-state index contributed by atoms with van der Waals surface area (Å²) in [6.45, 7) is 7.27. The molecule has 0 saturated carbocycles. The van der Waals surface area contributed by atoms with Gasteiger partial charge in [0, 0.05) is 12.6 Å². The standard InChI is InChI=1S/C11H23NO2/c1-10(2)14-8-7-12-6-4-3-5-11(12)9-13/h10-11,13H,3-9H2,1-2H3/t11-/m1/s1. The topological polar surface area (TPSA) is 32.7 Å². The molecule has 1 aliphatic heterocycles. The smallest absolute Gasteiger partial charge is 0.0597 e. The van der Waals surface area contributed by atoms with Gasteiger partial charge in [0.1, 0.15) is 0 Å². The van der Waals surface area contributed by atoms with Gasteiger partial charge in [0.05, 0.1) is 19.3 Å². The average molecular weight is 201 g/mol. The fourth-order valence-corrected chi connectivity index (χ4v) is 1.97. The molecule has 1 N–H and O–H groups in total. The molecule has 0 bridgehead atoms. The predicted octanol–water partition coefficient (Wildman–Crippen LogP) is 1.26. The quantitative estimate of drug-likeness (QED) is 0.727. The number of aliphatic hydroxyl groups excluding tert-OH is 1. The average Bonchev–Trinajstić information content (AvgIpc) is 2.18. The van der Waals surface area contributed by atoms with Gasteiger partial charge in [0.25, 0.3) is 0 Å². The first kappa shape index (κ1) is 12.0. The number of nitrogens with zero attached hydrogens (tertiary/aromatic N) is 1. The lowest BCUT2D eigenvalue weighted by Gasteiger charge is -2.34. The SMILES string of the molecule is CC(C)OCCN1CCCC[C@@H]1CO. The van der Waals surface area contributed by atoms with Crippen LogP contribution in [0.15, 0.2) is 0 Å². The molecule has 3 heteroatoms. The summed E-state index contributed by atoms with van der Waals surface area (Å²) in [6, 6.07) is 0.375. The molecule has 1 fully saturated rings. The molecule has 0 unspecified atom stereocenters. The van der Waals surface area contributed by atoms with E-state index in [4.69, 9.17) is 4.74 Å². The third kappa shape index (κ3) is 3.95. The van der Waals surface area contributed by atoms with Gasteiger partial charge in [0.15, 0.2) is 0 Å². The van der Waals surface area contributed by atoms with Gasteiger partial charge in [-0.1, -0.05) is 6.42 Å². The zero-order chi connectivity index (χ0) is 10.4. The maximum Gasteiger partial charge on any atom is 0.0597 e. The van der Waals surface area contributed by atoms with Crippen LogP contribution in [0, 0.1) is 0 Å². The molecular formula is C11H23NO2. The first-order valence-corrected chi connectivity index (χ1v) is 5.70. The molecule has 3 nitrogen and oxygen atoms in total. The number of hydrogen-bond acceptors (Lipinski definition) is 3. The Morgan fingerprint density at radius 1 is 1.43 bits per heavy atom. The van der Waals surface area contributed by atoms with Crippen LogP contribution in [-0.4, -0.2) is 48.5 Å². The van der Waals surface area contributed by atoms with Gasteiger partial charge in [0.2, 0.25) is 0 Å². The molecule has 0 aliphatic carbocycles. The lowest BCUT2D eigenvalue weighted by atomic mass is 10.0. The van der Waals surface area contributed by atoms with Crippen LogP contribution >= 0.6 is 0 Å². The van der Waals surface area contributed by atoms with E-state index in [2.05, 4.69) is 18.7 Å². The minimum Gasteiger partial charge on any atom is -0.395 e. The molecule has 1 atom stereocenters. The first-order valence-electron chi connectivity index (χ1n) is 5.70. The third-order valence-corrected chi connectivity index (χ3v) is 2.79. The summed E-state index contributed by atoms with van der Waals surface area (Å²) >= 11 is 0. The van der Waals surface area contributed by atoms with Gasteiger partial charge < -0.3 is 9.84 Å². The minimum absolute atomic E-state index is 0.293. The van der Waals surface area contributed by atoms with Crippen LogP contribution in [0.3, 0.4) is 0 Å². The lowest BCUT2D eigenvalue weighted by Crippen LogP contribution is -2.43. The number of hydrogen-bond donors (Lipinski definition) is 1. The molecule has 0 spiro atoms. The van der Waals surface area contributed by atoms with Crippen molar-refractivity contribution >= 4 is 0 Å². The van der Waals surface area contributed by atoms with Crippen molar-refractivity contribution in [3.05, 3.63) is 0 Å². The van der Waals surface area contributed by atoms with E-state index in [9.17, 15) is 5.11 Å². The summed E-state index contributed by atoms with van der Waals surface area (Å²) in [5.41, 5.74) is 0. The fourth-order valence-electron chi connectivity index (χ4n) is 1.97. The molecule has 1 rings (SSSR count). The second-order valence-electron chi connectivity index (χ2n) is 4.29. The molecule has 0 aromatic carbocycles. The minimum atomic E-state index is 0.293. The van der Waals surface area contributed by atoms with Crippen LogP contribution < -0.4 is 0 Å². The van der Waals surface area contributed by atoms with Crippen LogP contribution in [0.1, 0.15) is 33.1 Å². The van der Waals surface area contributed by atoms with E-state index in [1.54, 1.807) is 0 Å². The number of likely N-dealkylation sites (tertiary alicyclic amines) is 1. The van der Waals surface area contributed by atoms with Crippen molar-refractivity contribution in [2.45, 2.75) is 45.3 Å². The highest BCUT2D eigenvalue weighted by Crippen LogP contribution is 2.15. The summed E-state index contributed by atoms with van der Waals surface area (Å²) in [5.74, 6) is 0. The van der Waals surface area contributed by atoms with Gasteiger partial charge in [-0.3, -0.25) is 4.90 Å². The highest BCUT2D eigenvalue weighted by molar-refractivity contribution is 4.75. The van der Waals surface area contributed by atoms with Gasteiger partial charge >= 0.3 is 0 Å². The molecule has 0 amide bonds. The van der Waals surface area contributed by atoms with E-state index in [0.29, 0.717) is 18.8 Å². The highest BCUT2D eigenvalue weighted by atomic mass is 16.5. The van der Waals surface area contributed by atoms with E-state index in [1.807, 2.05) is 0 Å². The Labute approximate surface area is 87.1 Å². The van der Waals surface area contributed by atoms with Crippen LogP contribution in [-0.2, 0) is 4.74 Å². The maximum absolute atomic E-state index is 9.19. The number of piperidine rings is 1. The molecule has 0 aromatic heterocycles. The van der Waals surface area contributed by atoms with Crippen LogP contribution in [0.5, 0.6) is 0 Å². The van der Waals surface area contributed by atoms with E-state index in [1.165, 1.54) is 12.8 Å².